The van der Waals surface area contributed by atoms with E-state index in [0.717, 1.165) is 4.47 Å². The molecule has 0 unspecified atom stereocenters. The molecule has 1 rings (SSSR count). The van der Waals surface area contributed by atoms with Crippen molar-refractivity contribution in [3.63, 3.8) is 0 Å². The normalized spacial score (nSPS) is 11.1. The Morgan fingerprint density at radius 2 is 2.12 bits per heavy atom. The molecule has 0 saturated carbocycles. The summed E-state index contributed by atoms with van der Waals surface area (Å²) in [6.07, 6.45) is -5.65. The van der Waals surface area contributed by atoms with Crippen LogP contribution in [0.15, 0.2) is 22.7 Å². The molecule has 0 heterocycles. The first-order valence-corrected chi connectivity index (χ1v) is 5.34. The van der Waals surface area contributed by atoms with Gasteiger partial charge in [0.1, 0.15) is 0 Å². The van der Waals surface area contributed by atoms with Gasteiger partial charge in [-0.1, -0.05) is 15.9 Å². The number of carbonyl (C=O) groups excluding carboxylic acids is 1. The first-order valence-electron chi connectivity index (χ1n) is 4.54. The minimum atomic E-state index is -4.52. The van der Waals surface area contributed by atoms with E-state index in [1.807, 2.05) is 0 Å². The topological polar surface area (TPSA) is 38.3 Å². The Hall–Kier alpha value is -1.24. The lowest BCUT2D eigenvalue weighted by Crippen LogP contribution is -2.23. The highest BCUT2D eigenvalue weighted by Gasteiger charge is 2.29. The lowest BCUT2D eigenvalue weighted by atomic mass is 10.2. The van der Waals surface area contributed by atoms with Crippen LogP contribution in [0.2, 0.25) is 0 Å². The van der Waals surface area contributed by atoms with Crippen LogP contribution in [0.1, 0.15) is 5.56 Å². The van der Waals surface area contributed by atoms with Crippen LogP contribution in [0, 0.1) is 6.92 Å². The number of rotatable bonds is 2. The maximum atomic E-state index is 11.8. The van der Waals surface area contributed by atoms with E-state index in [-0.39, 0.29) is 0 Å². The van der Waals surface area contributed by atoms with E-state index in [1.54, 1.807) is 25.1 Å². The molecule has 1 aromatic rings. The summed E-state index contributed by atoms with van der Waals surface area (Å²) in [7, 11) is 0. The number of amides is 1. The van der Waals surface area contributed by atoms with Crippen LogP contribution < -0.4 is 5.32 Å². The van der Waals surface area contributed by atoms with Gasteiger partial charge >= 0.3 is 12.3 Å². The molecule has 1 N–H and O–H groups in total. The van der Waals surface area contributed by atoms with Gasteiger partial charge in [-0.05, 0) is 30.7 Å². The molecule has 1 amide bonds. The van der Waals surface area contributed by atoms with E-state index in [9.17, 15) is 18.0 Å². The van der Waals surface area contributed by atoms with E-state index in [1.165, 1.54) is 0 Å². The minimum absolute atomic E-state index is 0.403. The quantitative estimate of drug-likeness (QED) is 0.900. The highest BCUT2D eigenvalue weighted by molar-refractivity contribution is 9.10. The summed E-state index contributed by atoms with van der Waals surface area (Å²) in [4.78, 5) is 11.1. The average Bonchev–Trinajstić information content (AvgIpc) is 2.18. The Kier molecular flexibility index (Phi) is 4.39. The van der Waals surface area contributed by atoms with Crippen LogP contribution in [0.5, 0.6) is 0 Å². The maximum absolute atomic E-state index is 11.8. The summed E-state index contributed by atoms with van der Waals surface area (Å²) in [5.74, 6) is 0. The summed E-state index contributed by atoms with van der Waals surface area (Å²) in [5.41, 5.74) is 1.11. The van der Waals surface area contributed by atoms with Gasteiger partial charge in [0.15, 0.2) is 6.61 Å². The highest BCUT2D eigenvalue weighted by atomic mass is 79.9. The highest BCUT2D eigenvalue weighted by Crippen LogP contribution is 2.20. The van der Waals surface area contributed by atoms with Gasteiger partial charge in [0.2, 0.25) is 0 Å². The molecule has 0 spiro atoms. The van der Waals surface area contributed by atoms with Crippen molar-refractivity contribution < 1.29 is 22.7 Å². The SMILES string of the molecule is Cc1cc(Br)ccc1NC(=O)OCC(F)(F)F. The Bertz CT molecular complexity index is 421. The number of halogens is 4. The van der Waals surface area contributed by atoms with Crippen molar-refractivity contribution in [3.8, 4) is 0 Å². The number of aryl methyl sites for hydroxylation is 1. The molecule has 0 fully saturated rings. The number of nitrogens with one attached hydrogen (secondary N) is 1. The standard InChI is InChI=1S/C10H9BrF3NO2/c1-6-4-7(11)2-3-8(6)15-9(16)17-5-10(12,13)14/h2-4H,5H2,1H3,(H,15,16). The van der Waals surface area contributed by atoms with Gasteiger partial charge in [-0.25, -0.2) is 4.79 Å². The van der Waals surface area contributed by atoms with Gasteiger partial charge in [0.05, 0.1) is 0 Å². The van der Waals surface area contributed by atoms with E-state index < -0.39 is 18.9 Å². The Balaban J connectivity index is 2.57. The number of hydrogen-bond donors (Lipinski definition) is 1. The van der Waals surface area contributed by atoms with Gasteiger partial charge in [0.25, 0.3) is 0 Å². The van der Waals surface area contributed by atoms with Gasteiger partial charge in [0, 0.05) is 10.2 Å². The van der Waals surface area contributed by atoms with Crippen molar-refractivity contribution in [2.75, 3.05) is 11.9 Å². The molecule has 0 aromatic heterocycles. The summed E-state index contributed by atoms with van der Waals surface area (Å²) in [6, 6.07) is 4.94. The average molecular weight is 312 g/mol. The molecule has 0 saturated heterocycles. The second-order valence-corrected chi connectivity index (χ2v) is 4.19. The zero-order valence-electron chi connectivity index (χ0n) is 8.77. The van der Waals surface area contributed by atoms with Crippen LogP contribution in [0.4, 0.5) is 23.7 Å². The number of alkyl halides is 3. The zero-order valence-corrected chi connectivity index (χ0v) is 10.4. The summed E-state index contributed by atoms with van der Waals surface area (Å²) >= 11 is 3.23. The first kappa shape index (κ1) is 13.8. The third kappa shape index (κ3) is 5.08. The van der Waals surface area contributed by atoms with Crippen LogP contribution in [0.3, 0.4) is 0 Å². The molecule has 0 aliphatic heterocycles. The molecule has 7 heteroatoms. The van der Waals surface area contributed by atoms with Crippen molar-refractivity contribution in [1.29, 1.82) is 0 Å². The van der Waals surface area contributed by atoms with Gasteiger partial charge in [-0.15, -0.1) is 0 Å². The predicted octanol–water partition coefficient (Wildman–Crippen LogP) is 3.87. The van der Waals surface area contributed by atoms with Gasteiger partial charge in [-0.2, -0.15) is 13.2 Å². The number of hydrogen-bond acceptors (Lipinski definition) is 2. The first-order chi connectivity index (χ1) is 7.78. The number of benzene rings is 1. The van der Waals surface area contributed by atoms with Crippen LogP contribution in [-0.2, 0) is 4.74 Å². The van der Waals surface area contributed by atoms with Crippen molar-refractivity contribution in [1.82, 2.24) is 0 Å². The molecule has 0 radical (unpaired) electrons. The molecule has 0 bridgehead atoms. The van der Waals surface area contributed by atoms with Gasteiger partial charge in [-0.3, -0.25) is 5.32 Å². The smallest absolute Gasteiger partial charge is 0.422 e. The van der Waals surface area contributed by atoms with E-state index >= 15 is 0 Å². The summed E-state index contributed by atoms with van der Waals surface area (Å²) < 4.78 is 40.1. The van der Waals surface area contributed by atoms with Crippen molar-refractivity contribution in [3.05, 3.63) is 28.2 Å². The van der Waals surface area contributed by atoms with Crippen LogP contribution >= 0.6 is 15.9 Å². The molecule has 0 aliphatic carbocycles. The predicted molar refractivity (Wildman–Crippen MR) is 59.9 cm³/mol. The number of carbonyl (C=O) groups is 1. The maximum Gasteiger partial charge on any atom is 0.422 e. The van der Waals surface area contributed by atoms with E-state index in [0.29, 0.717) is 11.3 Å². The zero-order chi connectivity index (χ0) is 13.1. The molecule has 17 heavy (non-hydrogen) atoms. The van der Waals surface area contributed by atoms with Crippen LogP contribution in [0.25, 0.3) is 0 Å². The molecular formula is C10H9BrF3NO2. The largest absolute Gasteiger partial charge is 0.440 e. The third-order valence-electron chi connectivity index (χ3n) is 1.79. The van der Waals surface area contributed by atoms with Gasteiger partial charge < -0.3 is 4.74 Å². The van der Waals surface area contributed by atoms with Crippen LogP contribution in [-0.4, -0.2) is 18.9 Å². The van der Waals surface area contributed by atoms with E-state index in [2.05, 4.69) is 26.0 Å². The Labute approximate surface area is 104 Å². The third-order valence-corrected chi connectivity index (χ3v) is 2.29. The van der Waals surface area contributed by atoms with Crippen molar-refractivity contribution in [2.45, 2.75) is 13.1 Å². The van der Waals surface area contributed by atoms with E-state index in [4.69, 9.17) is 0 Å². The number of anilines is 1. The second-order valence-electron chi connectivity index (χ2n) is 3.28. The van der Waals surface area contributed by atoms with Crippen molar-refractivity contribution >= 4 is 27.7 Å². The molecule has 94 valence electrons. The number of ether oxygens (including phenoxy) is 1. The molecule has 0 atom stereocenters. The fraction of sp³-hybridized carbons (Fsp3) is 0.300. The minimum Gasteiger partial charge on any atom is -0.440 e. The molecule has 1 aromatic carbocycles. The lowest BCUT2D eigenvalue weighted by molar-refractivity contribution is -0.159. The fourth-order valence-electron chi connectivity index (χ4n) is 1.06. The molecule has 0 aliphatic rings. The molecule has 3 nitrogen and oxygen atoms in total. The molecular weight excluding hydrogens is 303 g/mol. The lowest BCUT2D eigenvalue weighted by Gasteiger charge is -2.10. The summed E-state index contributed by atoms with van der Waals surface area (Å²) in [5, 5.41) is 2.23. The second kappa shape index (κ2) is 5.39. The summed E-state index contributed by atoms with van der Waals surface area (Å²) in [6.45, 7) is 0.110. The monoisotopic (exact) mass is 311 g/mol. The van der Waals surface area contributed by atoms with Crippen molar-refractivity contribution in [2.24, 2.45) is 0 Å². The Morgan fingerprint density at radius 1 is 1.47 bits per heavy atom. The fourth-order valence-corrected chi connectivity index (χ4v) is 1.54. The Morgan fingerprint density at radius 3 is 2.65 bits per heavy atom.